The number of hydrogen-bond donors (Lipinski definition) is 2. The standard InChI is InChI=1S/C22H19ClN6S.C21H19ClN4S2.C2H6N2O/c1-13-14(2)30-21-19(13)20(17-7-4-8-18(23)10-17)27-28(12-16-6-5-9-24-11-16)22-26-25-15(3)29(21)22;1-13-14(2)28-20-18(13)19(16-7-4-8-17(22)10-16)25-26(21(24-20)27-3)12-15-6-5-9-23-11-15;1-2(5)4-3/h4-11H,12H2,1-3H3;4-11H,12H2,1-3H3;3H2,1H3,(H,4,5). The summed E-state index contributed by atoms with van der Waals surface area (Å²) in [6.45, 7) is 13.0. The molecule has 2 aliphatic heterocycles. The molecule has 63 heavy (non-hydrogen) atoms. The first kappa shape index (κ1) is 45.3. The van der Waals surface area contributed by atoms with Gasteiger partial charge in [-0.2, -0.15) is 10.2 Å². The summed E-state index contributed by atoms with van der Waals surface area (Å²) in [5.41, 5.74) is 12.3. The van der Waals surface area contributed by atoms with Gasteiger partial charge < -0.3 is 0 Å². The largest absolute Gasteiger partial charge is 0.295 e. The van der Waals surface area contributed by atoms with Gasteiger partial charge in [-0.05, 0) is 99.5 Å². The lowest BCUT2D eigenvalue weighted by atomic mass is 10.00. The number of carbonyl (C=O) groups is 1. The summed E-state index contributed by atoms with van der Waals surface area (Å²) in [6.07, 6.45) is 9.28. The minimum absolute atomic E-state index is 0.218. The Morgan fingerprint density at radius 3 is 1.83 bits per heavy atom. The van der Waals surface area contributed by atoms with Crippen molar-refractivity contribution < 1.29 is 4.79 Å². The molecule has 9 rings (SSSR count). The predicted octanol–water partition coefficient (Wildman–Crippen LogP) is 10.1. The molecule has 0 saturated carbocycles. The second-order valence-electron chi connectivity index (χ2n) is 14.4. The number of halogens is 2. The number of hydrazone groups is 2. The van der Waals surface area contributed by atoms with Crippen molar-refractivity contribution >= 4 is 91.1 Å². The Hall–Kier alpha value is -5.75. The molecule has 7 heterocycles. The number of amides is 1. The van der Waals surface area contributed by atoms with Crippen molar-refractivity contribution in [2.24, 2.45) is 21.0 Å². The van der Waals surface area contributed by atoms with Crippen molar-refractivity contribution in [2.75, 3.05) is 11.3 Å². The number of hydrazine groups is 1. The van der Waals surface area contributed by atoms with E-state index in [0.29, 0.717) is 29.1 Å². The Balaban J connectivity index is 0.000000171. The minimum atomic E-state index is -0.218. The Kier molecular flexibility index (Phi) is 14.5. The molecule has 0 aliphatic carbocycles. The maximum Gasteiger partial charge on any atom is 0.253 e. The van der Waals surface area contributed by atoms with E-state index in [0.717, 1.165) is 65.8 Å². The van der Waals surface area contributed by atoms with Crippen LogP contribution in [0, 0.1) is 34.6 Å². The highest BCUT2D eigenvalue weighted by Gasteiger charge is 2.31. The molecule has 3 N–H and O–H groups in total. The van der Waals surface area contributed by atoms with E-state index in [1.807, 2.05) is 108 Å². The van der Waals surface area contributed by atoms with Gasteiger partial charge in [0.15, 0.2) is 5.17 Å². The minimum Gasteiger partial charge on any atom is -0.295 e. The summed E-state index contributed by atoms with van der Waals surface area (Å²) in [7, 11) is 0. The van der Waals surface area contributed by atoms with Crippen LogP contribution in [0.2, 0.25) is 10.0 Å². The smallest absolute Gasteiger partial charge is 0.253 e. The number of nitrogens with two attached hydrogens (primary N) is 1. The molecule has 5 aromatic heterocycles. The second kappa shape index (κ2) is 20.2. The molecule has 0 bridgehead atoms. The number of thiophene rings is 2. The van der Waals surface area contributed by atoms with Crippen molar-refractivity contribution in [3.8, 4) is 5.00 Å². The summed E-state index contributed by atoms with van der Waals surface area (Å²) < 4.78 is 2.09. The van der Waals surface area contributed by atoms with E-state index in [-0.39, 0.29) is 5.91 Å². The number of aryl methyl sites for hydroxylation is 3. The van der Waals surface area contributed by atoms with E-state index >= 15 is 0 Å². The average Bonchev–Trinajstić information content (AvgIpc) is 3.82. The summed E-state index contributed by atoms with van der Waals surface area (Å²) in [5, 5.41) is 27.2. The third-order valence-electron chi connectivity index (χ3n) is 10.0. The van der Waals surface area contributed by atoms with Crippen molar-refractivity contribution in [2.45, 2.75) is 54.6 Å². The molecular weight excluding hydrogens is 892 g/mol. The number of carbonyl (C=O) groups excluding carboxylic acids is 1. The van der Waals surface area contributed by atoms with Crippen LogP contribution in [0.5, 0.6) is 0 Å². The zero-order chi connectivity index (χ0) is 44.8. The van der Waals surface area contributed by atoms with Crippen LogP contribution in [0.1, 0.15) is 67.0 Å². The molecular formula is C45H44Cl2N12OS3. The number of aliphatic imine (C=N–C) groups is 1. The predicted molar refractivity (Wildman–Crippen MR) is 260 cm³/mol. The van der Waals surface area contributed by atoms with E-state index in [4.69, 9.17) is 38.4 Å². The summed E-state index contributed by atoms with van der Waals surface area (Å²) in [5.74, 6) is 5.87. The maximum atomic E-state index is 9.58. The van der Waals surface area contributed by atoms with Crippen LogP contribution in [-0.4, -0.2) is 58.5 Å². The number of benzene rings is 2. The Morgan fingerprint density at radius 1 is 0.746 bits per heavy atom. The topological polar surface area (TPSA) is 155 Å². The Morgan fingerprint density at radius 2 is 1.29 bits per heavy atom. The third kappa shape index (κ3) is 10.2. The number of aromatic nitrogens is 5. The van der Waals surface area contributed by atoms with Gasteiger partial charge in [0.05, 0.1) is 13.1 Å². The van der Waals surface area contributed by atoms with Gasteiger partial charge >= 0.3 is 0 Å². The number of anilines is 1. The number of thioether (sulfide) groups is 1. The first-order chi connectivity index (χ1) is 30.4. The fourth-order valence-electron chi connectivity index (χ4n) is 6.71. The zero-order valence-corrected chi connectivity index (χ0v) is 39.6. The highest BCUT2D eigenvalue weighted by atomic mass is 35.5. The number of rotatable bonds is 6. The van der Waals surface area contributed by atoms with Gasteiger partial charge in [-0.3, -0.25) is 24.8 Å². The number of hydrogen-bond acceptors (Lipinski definition) is 14. The van der Waals surface area contributed by atoms with Gasteiger partial charge in [0, 0.05) is 73.8 Å². The third-order valence-corrected chi connectivity index (χ3v) is 13.4. The summed E-state index contributed by atoms with van der Waals surface area (Å²) in [6, 6.07) is 23.6. The summed E-state index contributed by atoms with van der Waals surface area (Å²) in [4.78, 5) is 25.5. The van der Waals surface area contributed by atoms with Crippen LogP contribution in [0.4, 0.5) is 10.9 Å². The number of pyridine rings is 2. The van der Waals surface area contributed by atoms with Crippen LogP contribution >= 0.6 is 57.6 Å². The molecule has 0 saturated heterocycles. The number of fused-ring (bicyclic) bond motifs is 4. The maximum absolute atomic E-state index is 9.58. The molecule has 7 aromatic rings. The van der Waals surface area contributed by atoms with Crippen molar-refractivity contribution in [1.29, 1.82) is 0 Å². The van der Waals surface area contributed by atoms with Crippen molar-refractivity contribution in [1.82, 2.24) is 35.2 Å². The molecule has 0 fully saturated rings. The van der Waals surface area contributed by atoms with Crippen molar-refractivity contribution in [3.05, 3.63) is 168 Å². The lowest BCUT2D eigenvalue weighted by Crippen LogP contribution is -2.26. The van der Waals surface area contributed by atoms with Crippen LogP contribution in [-0.2, 0) is 17.9 Å². The number of nitrogens with zero attached hydrogens (tertiary/aromatic N) is 10. The number of amidine groups is 1. The Bertz CT molecular complexity index is 2850. The first-order valence-corrected chi connectivity index (χ1v) is 23.2. The first-order valence-electron chi connectivity index (χ1n) is 19.6. The van der Waals surface area contributed by atoms with Crippen LogP contribution in [0.3, 0.4) is 0 Å². The molecule has 2 aromatic carbocycles. The van der Waals surface area contributed by atoms with Gasteiger partial charge in [-0.15, -0.1) is 32.9 Å². The Labute approximate surface area is 388 Å². The molecule has 2 aliphatic rings. The van der Waals surface area contributed by atoms with E-state index in [9.17, 15) is 4.79 Å². The fourth-order valence-corrected chi connectivity index (χ4v) is 9.87. The van der Waals surface area contributed by atoms with Crippen molar-refractivity contribution in [3.63, 3.8) is 0 Å². The summed E-state index contributed by atoms with van der Waals surface area (Å²) >= 11 is 17.7. The average molecular weight is 936 g/mol. The lowest BCUT2D eigenvalue weighted by Gasteiger charge is -2.19. The second-order valence-corrected chi connectivity index (χ2v) is 18.4. The molecule has 0 unspecified atom stereocenters. The lowest BCUT2D eigenvalue weighted by molar-refractivity contribution is -0.119. The molecule has 322 valence electrons. The highest BCUT2D eigenvalue weighted by molar-refractivity contribution is 8.13. The van der Waals surface area contributed by atoms with Crippen LogP contribution < -0.4 is 16.3 Å². The zero-order valence-electron chi connectivity index (χ0n) is 35.6. The molecule has 0 spiro atoms. The molecule has 1 amide bonds. The van der Waals surface area contributed by atoms with Gasteiger partial charge in [0.2, 0.25) is 5.91 Å². The van der Waals surface area contributed by atoms with Crippen LogP contribution in [0.25, 0.3) is 5.00 Å². The monoisotopic (exact) mass is 934 g/mol. The SMILES string of the molecule is CC(=O)NN.CSC1=Nc2sc(C)c(C)c2C(c2cccc(Cl)c2)=NN1Cc1cccnc1.Cc1sc2c(c1C)C(c1cccc(Cl)c1)=NN(Cc1cccnc1)c1nnc(C)n1-2. The van der Waals surface area contributed by atoms with E-state index < -0.39 is 0 Å². The van der Waals surface area contributed by atoms with Gasteiger partial charge in [-0.1, -0.05) is 71.4 Å². The van der Waals surface area contributed by atoms with Gasteiger partial charge in [-0.25, -0.2) is 20.9 Å². The number of nitrogens with one attached hydrogen (secondary N) is 1. The molecule has 18 heteroatoms. The normalized spacial score (nSPS) is 12.8. The fraction of sp³-hybridized carbons (Fsp3) is 0.200. The molecule has 0 atom stereocenters. The molecule has 0 radical (unpaired) electrons. The van der Waals surface area contributed by atoms with E-state index in [1.165, 1.54) is 27.8 Å². The highest BCUT2D eigenvalue weighted by Crippen LogP contribution is 2.41. The van der Waals surface area contributed by atoms with Crippen LogP contribution in [0.15, 0.2) is 113 Å². The van der Waals surface area contributed by atoms with E-state index in [2.05, 4.69) is 64.3 Å². The van der Waals surface area contributed by atoms with Gasteiger partial charge in [0.25, 0.3) is 5.95 Å². The quantitative estimate of drug-likeness (QED) is 0.0942. The van der Waals surface area contributed by atoms with Gasteiger partial charge in [0.1, 0.15) is 27.2 Å². The molecule has 13 nitrogen and oxygen atoms in total. The van der Waals surface area contributed by atoms with E-state index in [1.54, 1.807) is 46.8 Å².